The van der Waals surface area contributed by atoms with Crippen LogP contribution in [0.1, 0.15) is 12.5 Å². The van der Waals surface area contributed by atoms with Crippen LogP contribution in [0.3, 0.4) is 0 Å². The van der Waals surface area contributed by atoms with Crippen LogP contribution in [0.4, 0.5) is 5.69 Å². The first-order chi connectivity index (χ1) is 10.4. The maximum atomic E-state index is 12.4. The molecule has 0 saturated carbocycles. The summed E-state index contributed by atoms with van der Waals surface area (Å²) in [5.74, 6) is -0.118. The Morgan fingerprint density at radius 1 is 1.23 bits per heavy atom. The van der Waals surface area contributed by atoms with Gasteiger partial charge >= 0.3 is 0 Å². The minimum Gasteiger partial charge on any atom is -0.339 e. The number of piperazine rings is 1. The summed E-state index contributed by atoms with van der Waals surface area (Å²) in [6, 6.07) is 5.68. The summed E-state index contributed by atoms with van der Waals surface area (Å²) >= 11 is 3.45. The third-order valence-corrected chi connectivity index (χ3v) is 4.87. The summed E-state index contributed by atoms with van der Waals surface area (Å²) in [6.07, 6.45) is 0. The third-order valence-electron chi connectivity index (χ3n) is 3.98. The number of hydrogen-bond acceptors (Lipinski definition) is 3. The van der Waals surface area contributed by atoms with Crippen molar-refractivity contribution < 1.29 is 9.59 Å². The van der Waals surface area contributed by atoms with E-state index in [0.29, 0.717) is 0 Å². The molecule has 1 aromatic rings. The summed E-state index contributed by atoms with van der Waals surface area (Å²) < 4.78 is 0.991. The van der Waals surface area contributed by atoms with Gasteiger partial charge in [-0.3, -0.25) is 9.59 Å². The number of nitrogens with zero attached hydrogens (tertiary/aromatic N) is 3. The molecule has 1 saturated heterocycles. The SMILES string of the molecule is CC(=O)N(CC(=O)N1CCN(C)CC1)c1ccc(Br)c(C)c1. The number of likely N-dealkylation sites (N-methyl/N-ethyl adjacent to an activating group) is 1. The summed E-state index contributed by atoms with van der Waals surface area (Å²) in [5, 5.41) is 0. The first kappa shape index (κ1) is 17.0. The molecule has 6 heteroatoms. The molecule has 1 fully saturated rings. The lowest BCUT2D eigenvalue weighted by molar-refractivity contribution is -0.132. The number of aryl methyl sites for hydroxylation is 1. The molecule has 1 aliphatic heterocycles. The van der Waals surface area contributed by atoms with Gasteiger partial charge in [-0.1, -0.05) is 15.9 Å². The predicted molar refractivity (Wildman–Crippen MR) is 91.0 cm³/mol. The van der Waals surface area contributed by atoms with Gasteiger partial charge in [0.1, 0.15) is 6.54 Å². The Kier molecular flexibility index (Phi) is 5.58. The summed E-state index contributed by atoms with van der Waals surface area (Å²) in [4.78, 5) is 30.0. The first-order valence-electron chi connectivity index (χ1n) is 7.39. The number of hydrogen-bond donors (Lipinski definition) is 0. The lowest BCUT2D eigenvalue weighted by Gasteiger charge is -2.34. The molecular formula is C16H22BrN3O2. The number of carbonyl (C=O) groups excluding carboxylic acids is 2. The van der Waals surface area contributed by atoms with Gasteiger partial charge in [-0.15, -0.1) is 0 Å². The van der Waals surface area contributed by atoms with Crippen molar-refractivity contribution in [3.05, 3.63) is 28.2 Å². The summed E-state index contributed by atoms with van der Waals surface area (Å²) in [6.45, 7) is 6.76. The Morgan fingerprint density at radius 2 is 1.86 bits per heavy atom. The van der Waals surface area contributed by atoms with Gasteiger partial charge in [0.25, 0.3) is 0 Å². The van der Waals surface area contributed by atoms with Crippen molar-refractivity contribution in [2.45, 2.75) is 13.8 Å². The van der Waals surface area contributed by atoms with Crippen LogP contribution in [-0.4, -0.2) is 61.4 Å². The van der Waals surface area contributed by atoms with E-state index in [9.17, 15) is 9.59 Å². The number of amides is 2. The van der Waals surface area contributed by atoms with E-state index in [1.807, 2.05) is 37.1 Å². The highest BCUT2D eigenvalue weighted by molar-refractivity contribution is 9.10. The molecule has 1 aromatic carbocycles. The number of halogens is 1. The van der Waals surface area contributed by atoms with Crippen molar-refractivity contribution in [2.24, 2.45) is 0 Å². The standard InChI is InChI=1S/C16H22BrN3O2/c1-12-10-14(4-5-15(12)17)20(13(2)21)11-16(22)19-8-6-18(3)7-9-19/h4-5,10H,6-9,11H2,1-3H3. The maximum Gasteiger partial charge on any atom is 0.242 e. The molecule has 0 atom stereocenters. The molecule has 0 spiro atoms. The third kappa shape index (κ3) is 4.08. The van der Waals surface area contributed by atoms with Crippen molar-refractivity contribution in [3.63, 3.8) is 0 Å². The zero-order valence-corrected chi connectivity index (χ0v) is 14.9. The van der Waals surface area contributed by atoms with Gasteiger partial charge in [0.2, 0.25) is 11.8 Å². The molecule has 2 rings (SSSR count). The normalized spacial score (nSPS) is 15.7. The molecule has 0 aliphatic carbocycles. The van der Waals surface area contributed by atoms with E-state index in [1.54, 1.807) is 4.90 Å². The fourth-order valence-corrected chi connectivity index (χ4v) is 2.72. The van der Waals surface area contributed by atoms with Crippen LogP contribution in [-0.2, 0) is 9.59 Å². The van der Waals surface area contributed by atoms with Gasteiger partial charge in [-0.2, -0.15) is 0 Å². The molecule has 1 heterocycles. The van der Waals surface area contributed by atoms with Crippen molar-refractivity contribution in [3.8, 4) is 0 Å². The molecular weight excluding hydrogens is 346 g/mol. The van der Waals surface area contributed by atoms with Crippen molar-refractivity contribution >= 4 is 33.4 Å². The van der Waals surface area contributed by atoms with Gasteiger partial charge < -0.3 is 14.7 Å². The van der Waals surface area contributed by atoms with Gasteiger partial charge in [0.05, 0.1) is 0 Å². The molecule has 0 N–H and O–H groups in total. The Hall–Kier alpha value is -1.40. The Morgan fingerprint density at radius 3 is 2.41 bits per heavy atom. The topological polar surface area (TPSA) is 43.9 Å². The number of benzene rings is 1. The highest BCUT2D eigenvalue weighted by Gasteiger charge is 2.23. The van der Waals surface area contributed by atoms with Crippen LogP contribution in [0.5, 0.6) is 0 Å². The van der Waals surface area contributed by atoms with Crippen LogP contribution >= 0.6 is 15.9 Å². The molecule has 0 aromatic heterocycles. The van der Waals surface area contributed by atoms with Gasteiger partial charge in [0, 0.05) is 43.3 Å². The minimum atomic E-state index is -0.121. The van der Waals surface area contributed by atoms with E-state index in [1.165, 1.54) is 6.92 Å². The monoisotopic (exact) mass is 367 g/mol. The Bertz CT molecular complexity index is 569. The highest BCUT2D eigenvalue weighted by atomic mass is 79.9. The van der Waals surface area contributed by atoms with Gasteiger partial charge in [-0.25, -0.2) is 0 Å². The van der Waals surface area contributed by atoms with Crippen molar-refractivity contribution in [1.29, 1.82) is 0 Å². The lowest BCUT2D eigenvalue weighted by Crippen LogP contribution is -2.50. The van der Waals surface area contributed by atoms with E-state index in [2.05, 4.69) is 20.8 Å². The highest BCUT2D eigenvalue weighted by Crippen LogP contribution is 2.23. The number of rotatable bonds is 3. The van der Waals surface area contributed by atoms with Crippen LogP contribution < -0.4 is 4.90 Å². The second-order valence-electron chi connectivity index (χ2n) is 5.72. The van der Waals surface area contributed by atoms with Crippen molar-refractivity contribution in [1.82, 2.24) is 9.80 Å². The van der Waals surface area contributed by atoms with Crippen LogP contribution in [0.2, 0.25) is 0 Å². The van der Waals surface area contributed by atoms with Gasteiger partial charge in [-0.05, 0) is 37.7 Å². The first-order valence-corrected chi connectivity index (χ1v) is 8.18. The minimum absolute atomic E-state index is 0.00359. The molecule has 0 unspecified atom stereocenters. The summed E-state index contributed by atoms with van der Waals surface area (Å²) in [5.41, 5.74) is 1.80. The second-order valence-corrected chi connectivity index (χ2v) is 6.58. The smallest absolute Gasteiger partial charge is 0.242 e. The fourth-order valence-electron chi connectivity index (χ4n) is 2.47. The van der Waals surface area contributed by atoms with Crippen LogP contribution in [0.15, 0.2) is 22.7 Å². The van der Waals surface area contributed by atoms with Crippen LogP contribution in [0, 0.1) is 6.92 Å². The summed E-state index contributed by atoms with van der Waals surface area (Å²) in [7, 11) is 2.05. The van der Waals surface area contributed by atoms with E-state index in [4.69, 9.17) is 0 Å². The molecule has 1 aliphatic rings. The number of anilines is 1. The van der Waals surface area contributed by atoms with E-state index in [-0.39, 0.29) is 18.4 Å². The average molecular weight is 368 g/mol. The largest absolute Gasteiger partial charge is 0.339 e. The predicted octanol–water partition coefficient (Wildman–Crippen LogP) is 1.88. The molecule has 120 valence electrons. The zero-order valence-electron chi connectivity index (χ0n) is 13.3. The Labute approximate surface area is 140 Å². The van der Waals surface area contributed by atoms with E-state index in [0.717, 1.165) is 41.9 Å². The Balaban J connectivity index is 2.10. The fraction of sp³-hybridized carbons (Fsp3) is 0.500. The molecule has 22 heavy (non-hydrogen) atoms. The molecule has 2 amide bonds. The van der Waals surface area contributed by atoms with E-state index >= 15 is 0 Å². The maximum absolute atomic E-state index is 12.4. The number of carbonyl (C=O) groups is 2. The molecule has 0 bridgehead atoms. The quantitative estimate of drug-likeness (QED) is 0.819. The molecule has 0 radical (unpaired) electrons. The second kappa shape index (κ2) is 7.24. The van der Waals surface area contributed by atoms with Crippen LogP contribution in [0.25, 0.3) is 0 Å². The average Bonchev–Trinajstić information content (AvgIpc) is 2.48. The zero-order chi connectivity index (χ0) is 16.3. The molecule has 5 nitrogen and oxygen atoms in total. The van der Waals surface area contributed by atoms with Gasteiger partial charge in [0.15, 0.2) is 0 Å². The van der Waals surface area contributed by atoms with E-state index < -0.39 is 0 Å². The lowest BCUT2D eigenvalue weighted by atomic mass is 10.2. The van der Waals surface area contributed by atoms with Crippen molar-refractivity contribution in [2.75, 3.05) is 44.7 Å².